The van der Waals surface area contributed by atoms with Crippen LogP contribution in [0, 0.1) is 6.92 Å². The van der Waals surface area contributed by atoms with Crippen LogP contribution in [-0.2, 0) is 4.74 Å². The molecule has 0 spiro atoms. The van der Waals surface area contributed by atoms with Crippen molar-refractivity contribution in [2.75, 3.05) is 19.7 Å². The molecule has 19 heavy (non-hydrogen) atoms. The van der Waals surface area contributed by atoms with E-state index in [1.165, 1.54) is 0 Å². The minimum Gasteiger partial charge on any atom is -0.467 e. The van der Waals surface area contributed by atoms with Crippen LogP contribution in [0.15, 0.2) is 33.4 Å². The molecule has 1 aliphatic rings. The van der Waals surface area contributed by atoms with E-state index in [0.717, 1.165) is 5.76 Å². The quantitative estimate of drug-likeness (QED) is 0.825. The van der Waals surface area contributed by atoms with Gasteiger partial charge >= 0.3 is 0 Å². The van der Waals surface area contributed by atoms with Gasteiger partial charge in [-0.1, -0.05) is 5.16 Å². The van der Waals surface area contributed by atoms with Crippen molar-refractivity contribution in [3.8, 4) is 0 Å². The van der Waals surface area contributed by atoms with Crippen LogP contribution in [0.2, 0.25) is 0 Å². The number of carbonyl (C=O) groups is 1. The normalized spacial score (nSPS) is 19.6. The molecule has 1 atom stereocenters. The highest BCUT2D eigenvalue weighted by Crippen LogP contribution is 2.23. The van der Waals surface area contributed by atoms with Crippen LogP contribution in [0.25, 0.3) is 0 Å². The first-order valence-corrected chi connectivity index (χ1v) is 6.11. The Morgan fingerprint density at radius 1 is 1.53 bits per heavy atom. The number of hydrogen-bond donors (Lipinski definition) is 0. The summed E-state index contributed by atoms with van der Waals surface area (Å²) in [5, 5.41) is 3.75. The zero-order valence-corrected chi connectivity index (χ0v) is 10.5. The minimum absolute atomic E-state index is 0.142. The van der Waals surface area contributed by atoms with E-state index in [-0.39, 0.29) is 12.0 Å². The predicted molar refractivity (Wildman–Crippen MR) is 64.5 cm³/mol. The van der Waals surface area contributed by atoms with Gasteiger partial charge in [-0.25, -0.2) is 0 Å². The Morgan fingerprint density at radius 3 is 3.11 bits per heavy atom. The van der Waals surface area contributed by atoms with Crippen LogP contribution in [0.4, 0.5) is 0 Å². The van der Waals surface area contributed by atoms with Crippen molar-refractivity contribution < 1.29 is 18.5 Å². The van der Waals surface area contributed by atoms with Gasteiger partial charge in [0.1, 0.15) is 17.6 Å². The second-order valence-corrected chi connectivity index (χ2v) is 4.45. The molecule has 0 aromatic carbocycles. The van der Waals surface area contributed by atoms with E-state index in [2.05, 4.69) is 5.16 Å². The van der Waals surface area contributed by atoms with E-state index in [1.807, 2.05) is 6.07 Å². The average Bonchev–Trinajstić information content (AvgIpc) is 3.09. The summed E-state index contributed by atoms with van der Waals surface area (Å²) in [6.45, 7) is 3.24. The molecule has 1 saturated heterocycles. The molecule has 3 heterocycles. The number of nitrogens with zero attached hydrogens (tertiary/aromatic N) is 2. The summed E-state index contributed by atoms with van der Waals surface area (Å²) >= 11 is 0. The number of hydrogen-bond acceptors (Lipinski definition) is 5. The van der Waals surface area contributed by atoms with Crippen molar-refractivity contribution in [2.45, 2.75) is 13.0 Å². The van der Waals surface area contributed by atoms with Crippen molar-refractivity contribution in [1.82, 2.24) is 10.1 Å². The molecule has 1 amide bonds. The SMILES string of the molecule is Cc1cc(C(=O)N2CCO[C@H](c3ccco3)C2)no1. The van der Waals surface area contributed by atoms with Crippen molar-refractivity contribution >= 4 is 5.91 Å². The van der Waals surface area contributed by atoms with E-state index in [1.54, 1.807) is 30.2 Å². The Balaban J connectivity index is 1.73. The zero-order valence-electron chi connectivity index (χ0n) is 10.5. The summed E-state index contributed by atoms with van der Waals surface area (Å²) in [5.41, 5.74) is 0.331. The highest BCUT2D eigenvalue weighted by molar-refractivity contribution is 5.92. The zero-order chi connectivity index (χ0) is 13.2. The number of ether oxygens (including phenoxy) is 1. The molecule has 0 N–H and O–H groups in total. The maximum Gasteiger partial charge on any atom is 0.276 e. The summed E-state index contributed by atoms with van der Waals surface area (Å²) in [7, 11) is 0. The highest BCUT2D eigenvalue weighted by atomic mass is 16.5. The Morgan fingerprint density at radius 2 is 2.42 bits per heavy atom. The number of morpholine rings is 1. The molecule has 6 nitrogen and oxygen atoms in total. The largest absolute Gasteiger partial charge is 0.467 e. The number of amides is 1. The summed E-state index contributed by atoms with van der Waals surface area (Å²) in [5.74, 6) is 1.21. The van der Waals surface area contributed by atoms with Gasteiger partial charge in [0.25, 0.3) is 5.91 Å². The fourth-order valence-corrected chi connectivity index (χ4v) is 2.11. The molecule has 1 fully saturated rings. The molecule has 1 aliphatic heterocycles. The van der Waals surface area contributed by atoms with Gasteiger partial charge in [0.2, 0.25) is 0 Å². The van der Waals surface area contributed by atoms with Crippen LogP contribution in [0.3, 0.4) is 0 Å². The molecule has 0 unspecified atom stereocenters. The van der Waals surface area contributed by atoms with Crippen molar-refractivity contribution in [1.29, 1.82) is 0 Å². The Hall–Kier alpha value is -2.08. The number of rotatable bonds is 2. The summed E-state index contributed by atoms with van der Waals surface area (Å²) in [6, 6.07) is 5.29. The molecule has 3 rings (SSSR count). The monoisotopic (exact) mass is 262 g/mol. The molecular formula is C13H14N2O4. The first-order chi connectivity index (χ1) is 9.24. The maximum absolute atomic E-state index is 12.2. The molecular weight excluding hydrogens is 248 g/mol. The average molecular weight is 262 g/mol. The maximum atomic E-state index is 12.2. The third kappa shape index (κ3) is 2.39. The van der Waals surface area contributed by atoms with Gasteiger partial charge in [0.05, 0.1) is 19.4 Å². The minimum atomic E-state index is -0.222. The first-order valence-electron chi connectivity index (χ1n) is 6.11. The van der Waals surface area contributed by atoms with Gasteiger partial charge in [0.15, 0.2) is 5.69 Å². The van der Waals surface area contributed by atoms with Gasteiger partial charge in [-0.3, -0.25) is 4.79 Å². The van der Waals surface area contributed by atoms with Crippen molar-refractivity contribution in [3.05, 3.63) is 41.7 Å². The standard InChI is InChI=1S/C13H14N2O4/c1-9-7-10(14-19-9)13(16)15-4-6-18-12(8-15)11-3-2-5-17-11/h2-3,5,7,12H,4,6,8H2,1H3/t12-/m0/s1. The summed E-state index contributed by atoms with van der Waals surface area (Å²) < 4.78 is 15.9. The van der Waals surface area contributed by atoms with E-state index >= 15 is 0 Å². The molecule has 100 valence electrons. The van der Waals surface area contributed by atoms with Crippen molar-refractivity contribution in [2.24, 2.45) is 0 Å². The smallest absolute Gasteiger partial charge is 0.276 e. The molecule has 6 heteroatoms. The molecule has 0 aliphatic carbocycles. The topological polar surface area (TPSA) is 68.7 Å². The van der Waals surface area contributed by atoms with Gasteiger partial charge in [-0.2, -0.15) is 0 Å². The first kappa shape index (κ1) is 12.0. The van der Waals surface area contributed by atoms with Gasteiger partial charge in [-0.05, 0) is 19.1 Å². The predicted octanol–water partition coefficient (Wildman–Crippen LogP) is 1.79. The van der Waals surface area contributed by atoms with Crippen LogP contribution < -0.4 is 0 Å². The number of aromatic nitrogens is 1. The van der Waals surface area contributed by atoms with Gasteiger partial charge in [-0.15, -0.1) is 0 Å². The van der Waals surface area contributed by atoms with E-state index in [4.69, 9.17) is 13.7 Å². The fourth-order valence-electron chi connectivity index (χ4n) is 2.11. The second kappa shape index (κ2) is 4.89. The van der Waals surface area contributed by atoms with Gasteiger partial charge < -0.3 is 18.6 Å². The second-order valence-electron chi connectivity index (χ2n) is 4.45. The van der Waals surface area contributed by atoms with Gasteiger partial charge in [0, 0.05) is 12.6 Å². The number of aryl methyl sites for hydroxylation is 1. The van der Waals surface area contributed by atoms with Crippen LogP contribution in [-0.4, -0.2) is 35.7 Å². The Kier molecular flexibility index (Phi) is 3.08. The van der Waals surface area contributed by atoms with E-state index in [0.29, 0.717) is 31.2 Å². The Labute approximate surface area is 109 Å². The lowest BCUT2D eigenvalue weighted by Crippen LogP contribution is -2.42. The van der Waals surface area contributed by atoms with E-state index < -0.39 is 0 Å². The Bertz CT molecular complexity index is 561. The molecule has 2 aromatic rings. The van der Waals surface area contributed by atoms with E-state index in [9.17, 15) is 4.79 Å². The third-order valence-electron chi connectivity index (χ3n) is 3.06. The molecule has 0 radical (unpaired) electrons. The van der Waals surface area contributed by atoms with Crippen LogP contribution in [0.1, 0.15) is 28.1 Å². The summed E-state index contributed by atoms with van der Waals surface area (Å²) in [6.07, 6.45) is 1.38. The lowest BCUT2D eigenvalue weighted by atomic mass is 10.2. The summed E-state index contributed by atoms with van der Waals surface area (Å²) in [4.78, 5) is 13.9. The van der Waals surface area contributed by atoms with Crippen LogP contribution >= 0.6 is 0 Å². The fraction of sp³-hybridized carbons (Fsp3) is 0.385. The lowest BCUT2D eigenvalue weighted by molar-refractivity contribution is -0.0324. The third-order valence-corrected chi connectivity index (χ3v) is 3.06. The number of furan rings is 1. The molecule has 0 saturated carbocycles. The molecule has 0 bridgehead atoms. The van der Waals surface area contributed by atoms with Crippen LogP contribution in [0.5, 0.6) is 0 Å². The highest BCUT2D eigenvalue weighted by Gasteiger charge is 2.28. The van der Waals surface area contributed by atoms with Crippen molar-refractivity contribution in [3.63, 3.8) is 0 Å². The molecule has 2 aromatic heterocycles. The lowest BCUT2D eigenvalue weighted by Gasteiger charge is -2.31. The number of carbonyl (C=O) groups excluding carboxylic acids is 1.